The van der Waals surface area contributed by atoms with E-state index in [1.54, 1.807) is 25.3 Å². The van der Waals surface area contributed by atoms with Crippen LogP contribution in [0.15, 0.2) is 30.3 Å². The standard InChI is InChI=1S/C15H15FN4O3S/c1-9-5-14-12(7-15(9)23-2)18-19-20(14)13-4-3-10(6-11(13)16)8-17-24(21)22/h3-7,17H,8H2,1-2H3,(H,21,22). The van der Waals surface area contributed by atoms with Crippen molar-refractivity contribution in [3.8, 4) is 11.4 Å². The lowest BCUT2D eigenvalue weighted by molar-refractivity contribution is 0.412. The number of methoxy groups -OCH3 is 1. The first-order valence-corrected chi connectivity index (χ1v) is 8.13. The summed E-state index contributed by atoms with van der Waals surface area (Å²) < 4.78 is 42.7. The Morgan fingerprint density at radius 3 is 2.83 bits per heavy atom. The van der Waals surface area contributed by atoms with Gasteiger partial charge in [-0.05, 0) is 36.2 Å². The van der Waals surface area contributed by atoms with Gasteiger partial charge in [-0.1, -0.05) is 11.3 Å². The Bertz CT molecular complexity index is 928. The van der Waals surface area contributed by atoms with Crippen LogP contribution < -0.4 is 9.46 Å². The fourth-order valence-electron chi connectivity index (χ4n) is 2.43. The third kappa shape index (κ3) is 3.14. The first-order chi connectivity index (χ1) is 11.5. The smallest absolute Gasteiger partial charge is 0.232 e. The van der Waals surface area contributed by atoms with E-state index in [1.165, 1.54) is 10.7 Å². The van der Waals surface area contributed by atoms with Crippen molar-refractivity contribution in [1.82, 2.24) is 19.7 Å². The minimum absolute atomic E-state index is 0.0781. The fraction of sp³-hybridized carbons (Fsp3) is 0.200. The molecule has 0 fully saturated rings. The number of nitrogens with one attached hydrogen (secondary N) is 1. The maximum absolute atomic E-state index is 14.4. The number of hydrogen-bond donors (Lipinski definition) is 2. The van der Waals surface area contributed by atoms with Gasteiger partial charge in [0.05, 0.1) is 12.6 Å². The molecule has 1 unspecified atom stereocenters. The zero-order valence-electron chi connectivity index (χ0n) is 13.0. The normalized spacial score (nSPS) is 12.5. The van der Waals surface area contributed by atoms with E-state index in [1.807, 2.05) is 13.0 Å². The highest BCUT2D eigenvalue weighted by Crippen LogP contribution is 2.26. The number of fused-ring (bicyclic) bond motifs is 1. The van der Waals surface area contributed by atoms with Gasteiger partial charge in [-0.15, -0.1) is 5.10 Å². The van der Waals surface area contributed by atoms with Crippen LogP contribution in [0.3, 0.4) is 0 Å². The van der Waals surface area contributed by atoms with Crippen molar-refractivity contribution >= 4 is 22.3 Å². The molecule has 3 aromatic rings. The van der Waals surface area contributed by atoms with Gasteiger partial charge in [0, 0.05) is 12.6 Å². The van der Waals surface area contributed by atoms with E-state index in [9.17, 15) is 8.60 Å². The number of hydrogen-bond acceptors (Lipinski definition) is 4. The molecule has 0 saturated heterocycles. The van der Waals surface area contributed by atoms with Crippen molar-refractivity contribution < 1.29 is 17.9 Å². The summed E-state index contributed by atoms with van der Waals surface area (Å²) in [6, 6.07) is 8.08. The number of aryl methyl sites for hydroxylation is 1. The van der Waals surface area contributed by atoms with Gasteiger partial charge in [0.2, 0.25) is 11.3 Å². The number of halogens is 1. The minimum atomic E-state index is -2.14. The number of benzene rings is 2. The van der Waals surface area contributed by atoms with Gasteiger partial charge in [0.25, 0.3) is 0 Å². The van der Waals surface area contributed by atoms with E-state index in [2.05, 4.69) is 15.0 Å². The zero-order chi connectivity index (χ0) is 17.3. The molecular weight excluding hydrogens is 335 g/mol. The van der Waals surface area contributed by atoms with E-state index in [4.69, 9.17) is 9.29 Å². The first kappa shape index (κ1) is 16.5. The van der Waals surface area contributed by atoms with Gasteiger partial charge < -0.3 is 4.74 Å². The van der Waals surface area contributed by atoms with Crippen LogP contribution in [-0.2, 0) is 17.8 Å². The molecule has 0 aliphatic carbocycles. The van der Waals surface area contributed by atoms with E-state index in [0.29, 0.717) is 22.3 Å². The molecular formula is C15H15FN4O3S. The SMILES string of the molecule is COc1cc2nnn(-c3ccc(CNS(=O)O)cc3F)c2cc1C. The van der Waals surface area contributed by atoms with Crippen LogP contribution in [-0.4, -0.2) is 30.9 Å². The fourth-order valence-corrected chi connectivity index (χ4v) is 2.72. The molecule has 0 spiro atoms. The third-order valence-corrected chi connectivity index (χ3v) is 3.99. The molecule has 1 heterocycles. The number of aromatic nitrogens is 3. The quantitative estimate of drug-likeness (QED) is 0.688. The average molecular weight is 350 g/mol. The highest BCUT2D eigenvalue weighted by molar-refractivity contribution is 7.77. The Balaban J connectivity index is 2.01. The molecule has 7 nitrogen and oxygen atoms in total. The molecule has 0 aliphatic rings. The molecule has 126 valence electrons. The van der Waals surface area contributed by atoms with E-state index >= 15 is 0 Å². The molecule has 0 bridgehead atoms. The maximum Gasteiger partial charge on any atom is 0.232 e. The summed E-state index contributed by atoms with van der Waals surface area (Å²) >= 11 is -2.14. The van der Waals surface area contributed by atoms with Crippen LogP contribution in [0, 0.1) is 12.7 Å². The summed E-state index contributed by atoms with van der Waals surface area (Å²) in [5.74, 6) is 0.187. The monoisotopic (exact) mass is 350 g/mol. The number of nitrogens with zero attached hydrogens (tertiary/aromatic N) is 3. The van der Waals surface area contributed by atoms with Gasteiger partial charge in [-0.25, -0.2) is 18.0 Å². The molecule has 3 rings (SSSR count). The molecule has 0 radical (unpaired) electrons. The number of ether oxygens (including phenoxy) is 1. The summed E-state index contributed by atoms with van der Waals surface area (Å²) in [4.78, 5) is 0. The van der Waals surface area contributed by atoms with Crippen LogP contribution in [0.2, 0.25) is 0 Å². The lowest BCUT2D eigenvalue weighted by atomic mass is 10.1. The molecule has 1 aromatic heterocycles. The second-order valence-electron chi connectivity index (χ2n) is 5.17. The van der Waals surface area contributed by atoms with E-state index in [-0.39, 0.29) is 12.2 Å². The van der Waals surface area contributed by atoms with Gasteiger partial charge in [0.1, 0.15) is 22.8 Å². The first-order valence-electron chi connectivity index (χ1n) is 7.03. The zero-order valence-corrected chi connectivity index (χ0v) is 13.8. The maximum atomic E-state index is 14.4. The highest BCUT2D eigenvalue weighted by atomic mass is 32.2. The van der Waals surface area contributed by atoms with Gasteiger partial charge in [0.15, 0.2) is 0 Å². The van der Waals surface area contributed by atoms with E-state index in [0.717, 1.165) is 5.56 Å². The Hall–Kier alpha value is -2.36. The minimum Gasteiger partial charge on any atom is -0.496 e. The van der Waals surface area contributed by atoms with Crippen LogP contribution in [0.5, 0.6) is 5.75 Å². The molecule has 24 heavy (non-hydrogen) atoms. The highest BCUT2D eigenvalue weighted by Gasteiger charge is 2.13. The molecule has 0 amide bonds. The molecule has 1 atom stereocenters. The Labute approximate surface area is 139 Å². The molecule has 9 heteroatoms. The lowest BCUT2D eigenvalue weighted by Crippen LogP contribution is -2.15. The Morgan fingerprint density at radius 2 is 2.17 bits per heavy atom. The van der Waals surface area contributed by atoms with Crippen molar-refractivity contribution in [2.75, 3.05) is 7.11 Å². The van der Waals surface area contributed by atoms with Crippen LogP contribution in [0.4, 0.5) is 4.39 Å². The Kier molecular flexibility index (Phi) is 4.56. The Morgan fingerprint density at radius 1 is 1.38 bits per heavy atom. The predicted octanol–water partition coefficient (Wildman–Crippen LogP) is 2.10. The summed E-state index contributed by atoms with van der Waals surface area (Å²) in [5.41, 5.74) is 2.94. The third-order valence-electron chi connectivity index (χ3n) is 3.60. The van der Waals surface area contributed by atoms with Gasteiger partial charge in [-0.2, -0.15) is 0 Å². The largest absolute Gasteiger partial charge is 0.496 e. The van der Waals surface area contributed by atoms with Crippen molar-refractivity contribution in [2.45, 2.75) is 13.5 Å². The lowest BCUT2D eigenvalue weighted by Gasteiger charge is -2.08. The van der Waals surface area contributed by atoms with Gasteiger partial charge in [-0.3, -0.25) is 4.55 Å². The number of rotatable bonds is 5. The van der Waals surface area contributed by atoms with Crippen LogP contribution >= 0.6 is 0 Å². The molecule has 2 N–H and O–H groups in total. The summed E-state index contributed by atoms with van der Waals surface area (Å²) in [7, 11) is 1.57. The van der Waals surface area contributed by atoms with E-state index < -0.39 is 17.1 Å². The van der Waals surface area contributed by atoms with Crippen molar-refractivity contribution in [1.29, 1.82) is 0 Å². The molecule has 0 aliphatic heterocycles. The van der Waals surface area contributed by atoms with Crippen molar-refractivity contribution in [3.63, 3.8) is 0 Å². The second kappa shape index (κ2) is 6.63. The van der Waals surface area contributed by atoms with Crippen LogP contribution in [0.25, 0.3) is 16.7 Å². The average Bonchev–Trinajstić information content (AvgIpc) is 2.94. The molecule has 0 saturated carbocycles. The predicted molar refractivity (Wildman–Crippen MR) is 87.7 cm³/mol. The summed E-state index contributed by atoms with van der Waals surface area (Å²) in [5, 5.41) is 8.06. The second-order valence-corrected chi connectivity index (χ2v) is 5.95. The van der Waals surface area contributed by atoms with Crippen molar-refractivity contribution in [2.24, 2.45) is 0 Å². The van der Waals surface area contributed by atoms with Crippen LogP contribution in [0.1, 0.15) is 11.1 Å². The topological polar surface area (TPSA) is 89.3 Å². The summed E-state index contributed by atoms with van der Waals surface area (Å²) in [6.45, 7) is 1.96. The summed E-state index contributed by atoms with van der Waals surface area (Å²) in [6.07, 6.45) is 0. The van der Waals surface area contributed by atoms with Crippen molar-refractivity contribution in [3.05, 3.63) is 47.3 Å². The van der Waals surface area contributed by atoms with Gasteiger partial charge >= 0.3 is 0 Å². The molecule has 2 aromatic carbocycles.